The standard InChI is InChI=1S/C19H21F2N5O5S2/c1-31-12-3-5-13(6-4-12)33(29,30)26-16(8-9-17(22)27)18(28)24-25-19(32)23-15-7-2-11(20)10-14(15)21/h2-7,10,16,26H,8-9H2,1H3,(H2,22,27)(H,24,28)(H2,23,25,32). The number of sulfonamides is 1. The molecule has 0 aliphatic rings. The van der Waals surface area contributed by atoms with Crippen LogP contribution in [0.5, 0.6) is 5.75 Å². The van der Waals surface area contributed by atoms with Crippen LogP contribution >= 0.6 is 12.2 Å². The second-order valence-corrected chi connectivity index (χ2v) is 8.67. The minimum atomic E-state index is -4.15. The van der Waals surface area contributed by atoms with Crippen molar-refractivity contribution in [3.63, 3.8) is 0 Å². The van der Waals surface area contributed by atoms with Crippen LogP contribution in [0.3, 0.4) is 0 Å². The molecule has 0 aliphatic heterocycles. The zero-order chi connectivity index (χ0) is 24.6. The Kier molecular flexibility index (Phi) is 9.02. The smallest absolute Gasteiger partial charge is 0.256 e. The van der Waals surface area contributed by atoms with E-state index in [0.29, 0.717) is 11.8 Å². The first-order valence-electron chi connectivity index (χ1n) is 9.28. The molecule has 0 spiro atoms. The van der Waals surface area contributed by atoms with Gasteiger partial charge < -0.3 is 15.8 Å². The van der Waals surface area contributed by atoms with Crippen molar-refractivity contribution in [1.29, 1.82) is 0 Å². The zero-order valence-corrected chi connectivity index (χ0v) is 18.9. The molecule has 2 amide bonds. The van der Waals surface area contributed by atoms with Gasteiger partial charge in [0.2, 0.25) is 15.9 Å². The van der Waals surface area contributed by atoms with E-state index >= 15 is 0 Å². The molecule has 2 aromatic carbocycles. The van der Waals surface area contributed by atoms with Gasteiger partial charge in [-0.15, -0.1) is 0 Å². The minimum absolute atomic E-state index is 0.142. The van der Waals surface area contributed by atoms with E-state index in [-0.39, 0.29) is 28.5 Å². The van der Waals surface area contributed by atoms with Crippen LogP contribution in [0.2, 0.25) is 0 Å². The first-order valence-corrected chi connectivity index (χ1v) is 11.2. The number of benzene rings is 2. The van der Waals surface area contributed by atoms with Crippen LogP contribution in [0.25, 0.3) is 0 Å². The number of rotatable bonds is 9. The Morgan fingerprint density at radius 2 is 1.79 bits per heavy atom. The number of halogens is 2. The van der Waals surface area contributed by atoms with Crippen LogP contribution in [0.15, 0.2) is 47.4 Å². The van der Waals surface area contributed by atoms with Crippen molar-refractivity contribution >= 4 is 44.9 Å². The normalized spacial score (nSPS) is 11.8. The highest BCUT2D eigenvalue weighted by Gasteiger charge is 2.26. The average molecular weight is 502 g/mol. The lowest BCUT2D eigenvalue weighted by molar-refractivity contribution is -0.123. The van der Waals surface area contributed by atoms with Gasteiger partial charge in [0, 0.05) is 12.5 Å². The monoisotopic (exact) mass is 501 g/mol. The van der Waals surface area contributed by atoms with Crippen LogP contribution in [-0.2, 0) is 19.6 Å². The molecule has 14 heteroatoms. The Morgan fingerprint density at radius 1 is 1.12 bits per heavy atom. The number of nitrogens with one attached hydrogen (secondary N) is 4. The second-order valence-electron chi connectivity index (χ2n) is 6.55. The molecule has 33 heavy (non-hydrogen) atoms. The van der Waals surface area contributed by atoms with Gasteiger partial charge in [-0.05, 0) is 55.0 Å². The summed E-state index contributed by atoms with van der Waals surface area (Å²) in [6.07, 6.45) is -0.530. The third-order valence-electron chi connectivity index (χ3n) is 4.14. The van der Waals surface area contributed by atoms with Gasteiger partial charge in [0.25, 0.3) is 5.91 Å². The van der Waals surface area contributed by atoms with Crippen LogP contribution < -0.4 is 31.4 Å². The van der Waals surface area contributed by atoms with Crippen LogP contribution in [0.1, 0.15) is 12.8 Å². The van der Waals surface area contributed by atoms with E-state index in [4.69, 9.17) is 22.7 Å². The molecule has 0 radical (unpaired) electrons. The number of carbonyl (C=O) groups is 2. The van der Waals surface area contributed by atoms with Gasteiger partial charge in [-0.2, -0.15) is 4.72 Å². The lowest BCUT2D eigenvalue weighted by Gasteiger charge is -2.19. The number of thiocarbonyl (C=S) groups is 1. The maximum absolute atomic E-state index is 13.7. The summed E-state index contributed by atoms with van der Waals surface area (Å²) in [4.78, 5) is 23.6. The first kappa shape index (κ1) is 25.9. The maximum Gasteiger partial charge on any atom is 0.256 e. The molecule has 10 nitrogen and oxygen atoms in total. The van der Waals surface area contributed by atoms with Crippen molar-refractivity contribution in [1.82, 2.24) is 15.6 Å². The van der Waals surface area contributed by atoms with Crippen molar-refractivity contribution in [3.05, 3.63) is 54.1 Å². The van der Waals surface area contributed by atoms with Crippen molar-refractivity contribution < 1.29 is 31.5 Å². The van der Waals surface area contributed by atoms with Gasteiger partial charge in [0.05, 0.1) is 17.7 Å². The molecular formula is C19H21F2N5O5S2. The lowest BCUT2D eigenvalue weighted by Crippen LogP contribution is -2.53. The van der Waals surface area contributed by atoms with Crippen molar-refractivity contribution in [2.24, 2.45) is 5.73 Å². The van der Waals surface area contributed by atoms with Gasteiger partial charge in [-0.1, -0.05) is 0 Å². The van der Waals surface area contributed by atoms with E-state index in [2.05, 4.69) is 20.9 Å². The summed E-state index contributed by atoms with van der Waals surface area (Å²) in [6, 6.07) is 6.73. The minimum Gasteiger partial charge on any atom is -0.497 e. The molecule has 0 heterocycles. The molecule has 0 fully saturated rings. The summed E-state index contributed by atoms with van der Waals surface area (Å²) < 4.78 is 59.2. The molecule has 0 saturated carbocycles. The van der Waals surface area contributed by atoms with E-state index in [1.54, 1.807) is 0 Å². The highest BCUT2D eigenvalue weighted by atomic mass is 32.2. The first-order chi connectivity index (χ1) is 15.5. The van der Waals surface area contributed by atoms with Crippen molar-refractivity contribution in [2.75, 3.05) is 12.4 Å². The molecule has 2 rings (SSSR count). The van der Waals surface area contributed by atoms with E-state index < -0.39 is 39.5 Å². The molecule has 0 aliphatic carbocycles. The summed E-state index contributed by atoms with van der Waals surface area (Å²) in [5.74, 6) is -2.91. The van der Waals surface area contributed by atoms with Gasteiger partial charge >= 0.3 is 0 Å². The number of carbonyl (C=O) groups excluding carboxylic acids is 2. The number of hydrogen-bond acceptors (Lipinski definition) is 6. The summed E-state index contributed by atoms with van der Waals surface area (Å²) in [6.45, 7) is 0. The van der Waals surface area contributed by atoms with Crippen LogP contribution in [0, 0.1) is 11.6 Å². The topological polar surface area (TPSA) is 152 Å². The van der Waals surface area contributed by atoms with Gasteiger partial charge in [0.15, 0.2) is 5.11 Å². The third-order valence-corrected chi connectivity index (χ3v) is 5.83. The molecule has 0 saturated heterocycles. The highest BCUT2D eigenvalue weighted by Crippen LogP contribution is 2.17. The number of nitrogens with two attached hydrogens (primary N) is 1. The highest BCUT2D eigenvalue weighted by molar-refractivity contribution is 7.89. The van der Waals surface area contributed by atoms with Crippen LogP contribution in [0.4, 0.5) is 14.5 Å². The Hall–Kier alpha value is -3.36. The molecule has 1 unspecified atom stereocenters. The zero-order valence-electron chi connectivity index (χ0n) is 17.2. The quantitative estimate of drug-likeness (QED) is 0.251. The van der Waals surface area contributed by atoms with E-state index in [1.807, 2.05) is 0 Å². The maximum atomic E-state index is 13.7. The molecule has 6 N–H and O–H groups in total. The number of primary amides is 1. The third kappa shape index (κ3) is 7.93. The molecule has 2 aromatic rings. The number of ether oxygens (including phenoxy) is 1. The fourth-order valence-electron chi connectivity index (χ4n) is 2.49. The Balaban J connectivity index is 2.06. The molecule has 1 atom stereocenters. The predicted molar refractivity (Wildman–Crippen MR) is 119 cm³/mol. The molecular weight excluding hydrogens is 480 g/mol. The Bertz CT molecular complexity index is 1130. The number of hydrogen-bond donors (Lipinski definition) is 5. The summed E-state index contributed by atoms with van der Waals surface area (Å²) in [5, 5.41) is 2.14. The Morgan fingerprint density at radius 3 is 2.36 bits per heavy atom. The van der Waals surface area contributed by atoms with Crippen molar-refractivity contribution in [2.45, 2.75) is 23.8 Å². The largest absolute Gasteiger partial charge is 0.497 e. The number of hydrazine groups is 1. The van der Waals surface area contributed by atoms with Gasteiger partial charge in [-0.25, -0.2) is 17.2 Å². The summed E-state index contributed by atoms with van der Waals surface area (Å²) >= 11 is 4.93. The molecule has 0 bridgehead atoms. The van der Waals surface area contributed by atoms with Crippen LogP contribution in [-0.4, -0.2) is 38.5 Å². The Labute approximate surface area is 193 Å². The second kappa shape index (κ2) is 11.5. The van der Waals surface area contributed by atoms with Crippen molar-refractivity contribution in [3.8, 4) is 5.75 Å². The lowest BCUT2D eigenvalue weighted by atomic mass is 10.1. The van der Waals surface area contributed by atoms with E-state index in [0.717, 1.165) is 12.1 Å². The fourth-order valence-corrected chi connectivity index (χ4v) is 3.88. The SMILES string of the molecule is COc1ccc(S(=O)(=O)NC(CCC(N)=O)C(=O)NNC(=S)Nc2ccc(F)cc2F)cc1. The summed E-state index contributed by atoms with van der Waals surface area (Å²) in [5.41, 5.74) is 9.39. The number of methoxy groups -OCH3 is 1. The van der Waals surface area contributed by atoms with E-state index in [1.165, 1.54) is 31.4 Å². The molecule has 0 aromatic heterocycles. The number of amides is 2. The molecule has 178 valence electrons. The fraction of sp³-hybridized carbons (Fsp3) is 0.211. The summed E-state index contributed by atoms with van der Waals surface area (Å²) in [7, 11) is -2.73. The van der Waals surface area contributed by atoms with Gasteiger partial charge in [0.1, 0.15) is 23.4 Å². The number of anilines is 1. The van der Waals surface area contributed by atoms with Gasteiger partial charge in [-0.3, -0.25) is 20.4 Å². The predicted octanol–water partition coefficient (Wildman–Crippen LogP) is 0.904. The average Bonchev–Trinajstić information content (AvgIpc) is 2.76. The van der Waals surface area contributed by atoms with E-state index in [9.17, 15) is 26.8 Å².